The summed E-state index contributed by atoms with van der Waals surface area (Å²) in [5, 5.41) is 11.8. The predicted octanol–water partition coefficient (Wildman–Crippen LogP) is 2.51. The maximum absolute atomic E-state index is 14.2. The fourth-order valence-corrected chi connectivity index (χ4v) is 7.18. The number of benzene rings is 1. The summed E-state index contributed by atoms with van der Waals surface area (Å²) in [6, 6.07) is 4.79. The minimum Gasteiger partial charge on any atom is -0.445 e. The summed E-state index contributed by atoms with van der Waals surface area (Å²) >= 11 is 0. The van der Waals surface area contributed by atoms with E-state index in [0.29, 0.717) is 50.7 Å². The summed E-state index contributed by atoms with van der Waals surface area (Å²) in [6.07, 6.45) is 10.6. The van der Waals surface area contributed by atoms with E-state index in [9.17, 15) is 14.4 Å². The number of likely N-dealkylation sites (tertiary alicyclic amines) is 2. The highest BCUT2D eigenvalue weighted by atomic mass is 16.4. The van der Waals surface area contributed by atoms with Gasteiger partial charge in [-0.1, -0.05) is 6.07 Å². The van der Waals surface area contributed by atoms with Gasteiger partial charge in [0, 0.05) is 51.0 Å². The zero-order chi connectivity index (χ0) is 29.5. The van der Waals surface area contributed by atoms with E-state index in [4.69, 9.17) is 4.42 Å². The highest BCUT2D eigenvalue weighted by Crippen LogP contribution is 2.40. The Kier molecular flexibility index (Phi) is 7.67. The van der Waals surface area contributed by atoms with Crippen LogP contribution < -0.4 is 10.6 Å². The first-order chi connectivity index (χ1) is 20.9. The molecule has 3 aliphatic heterocycles. The van der Waals surface area contributed by atoms with E-state index >= 15 is 0 Å². The van der Waals surface area contributed by atoms with Crippen molar-refractivity contribution < 1.29 is 18.8 Å². The molecule has 4 fully saturated rings. The largest absolute Gasteiger partial charge is 0.445 e. The summed E-state index contributed by atoms with van der Waals surface area (Å²) in [5.74, 6) is 1.47. The Morgan fingerprint density at radius 2 is 1.91 bits per heavy atom. The molecule has 7 rings (SSSR count). The first-order valence-corrected chi connectivity index (χ1v) is 15.9. The quantitative estimate of drug-likeness (QED) is 0.415. The molecule has 3 amide bonds. The average Bonchev–Trinajstić information content (AvgIpc) is 3.41. The number of carbonyl (C=O) groups is 3. The lowest BCUT2D eigenvalue weighted by Crippen LogP contribution is -2.59. The molecule has 3 saturated heterocycles. The molecule has 4 atom stereocenters. The number of nitrogens with zero attached hydrogens (tertiary/aromatic N) is 5. The van der Waals surface area contributed by atoms with Crippen molar-refractivity contribution in [2.75, 3.05) is 26.2 Å². The highest BCUT2D eigenvalue weighted by Gasteiger charge is 2.46. The van der Waals surface area contributed by atoms with E-state index in [2.05, 4.69) is 20.7 Å². The van der Waals surface area contributed by atoms with Gasteiger partial charge in [0.15, 0.2) is 5.89 Å². The normalized spacial score (nSPS) is 25.9. The molecule has 1 unspecified atom stereocenters. The average molecular weight is 588 g/mol. The van der Waals surface area contributed by atoms with Gasteiger partial charge in [0.1, 0.15) is 11.8 Å². The molecular weight excluding hydrogens is 546 g/mol. The molecule has 0 radical (unpaired) electrons. The maximum atomic E-state index is 14.2. The topological polar surface area (TPSA) is 126 Å². The molecule has 4 aliphatic rings. The molecule has 0 spiro atoms. The monoisotopic (exact) mass is 587 g/mol. The number of hydrogen-bond acceptors (Lipinski definition) is 7. The van der Waals surface area contributed by atoms with Crippen LogP contribution in [0.4, 0.5) is 0 Å². The van der Waals surface area contributed by atoms with Crippen LogP contribution in [-0.4, -0.2) is 80.5 Å². The third-order valence-corrected chi connectivity index (χ3v) is 9.72. The molecule has 11 heteroatoms. The Morgan fingerprint density at radius 3 is 2.72 bits per heavy atom. The molecule has 2 aromatic heterocycles. The lowest BCUT2D eigenvalue weighted by atomic mass is 9.88. The van der Waals surface area contributed by atoms with Crippen molar-refractivity contribution in [3.8, 4) is 0 Å². The first kappa shape index (κ1) is 28.1. The Bertz CT molecular complexity index is 1500. The minimum atomic E-state index is -0.622. The molecular formula is C32H41N7O4. The molecule has 228 valence electrons. The van der Waals surface area contributed by atoms with Gasteiger partial charge in [-0.25, -0.2) is 4.98 Å². The number of amides is 3. The fourth-order valence-electron chi connectivity index (χ4n) is 7.18. The Hall–Kier alpha value is -3.73. The van der Waals surface area contributed by atoms with Crippen LogP contribution in [0.3, 0.4) is 0 Å². The van der Waals surface area contributed by atoms with Crippen LogP contribution in [0.25, 0.3) is 10.9 Å². The van der Waals surface area contributed by atoms with E-state index in [1.807, 2.05) is 47.2 Å². The number of carbonyl (C=O) groups excluding carboxylic acids is 3. The van der Waals surface area contributed by atoms with Crippen molar-refractivity contribution in [3.05, 3.63) is 47.8 Å². The van der Waals surface area contributed by atoms with Gasteiger partial charge in [0.05, 0.1) is 29.9 Å². The van der Waals surface area contributed by atoms with Crippen LogP contribution in [0.1, 0.15) is 68.1 Å². The second-order valence-corrected chi connectivity index (χ2v) is 12.8. The summed E-state index contributed by atoms with van der Waals surface area (Å²) < 4.78 is 7.86. The number of hydrogen-bond donors (Lipinski definition) is 2. The Morgan fingerprint density at radius 1 is 1.07 bits per heavy atom. The van der Waals surface area contributed by atoms with Crippen LogP contribution in [0, 0.1) is 11.8 Å². The van der Waals surface area contributed by atoms with Gasteiger partial charge < -0.3 is 24.9 Å². The van der Waals surface area contributed by atoms with Crippen molar-refractivity contribution in [3.63, 3.8) is 0 Å². The molecule has 3 aromatic rings. The van der Waals surface area contributed by atoms with Crippen LogP contribution >= 0.6 is 0 Å². The lowest BCUT2D eigenvalue weighted by molar-refractivity contribution is -0.146. The molecule has 11 nitrogen and oxygen atoms in total. The molecule has 1 aliphatic carbocycles. The fraction of sp³-hybridized carbons (Fsp3) is 0.594. The number of rotatable bonds is 8. The maximum Gasteiger partial charge on any atom is 0.243 e. The van der Waals surface area contributed by atoms with Crippen LogP contribution in [-0.2, 0) is 34.4 Å². The van der Waals surface area contributed by atoms with E-state index < -0.39 is 18.0 Å². The second kappa shape index (κ2) is 11.7. The van der Waals surface area contributed by atoms with Crippen molar-refractivity contribution >= 4 is 28.6 Å². The van der Waals surface area contributed by atoms with Gasteiger partial charge in [0.2, 0.25) is 17.7 Å². The number of aryl methyl sites for hydroxylation is 1. The number of piperidine rings is 1. The van der Waals surface area contributed by atoms with Gasteiger partial charge >= 0.3 is 0 Å². The zero-order valence-corrected chi connectivity index (χ0v) is 24.8. The van der Waals surface area contributed by atoms with Crippen molar-refractivity contribution in [1.29, 1.82) is 0 Å². The first-order valence-electron chi connectivity index (χ1n) is 15.9. The Balaban J connectivity index is 1.08. The number of aromatic nitrogens is 3. The number of oxazole rings is 1. The van der Waals surface area contributed by atoms with E-state index in [1.165, 1.54) is 0 Å². The van der Waals surface area contributed by atoms with Gasteiger partial charge in [-0.15, -0.1) is 0 Å². The third-order valence-electron chi connectivity index (χ3n) is 9.72. The van der Waals surface area contributed by atoms with E-state index in [1.54, 1.807) is 4.90 Å². The van der Waals surface area contributed by atoms with Crippen LogP contribution in [0.15, 0.2) is 35.0 Å². The van der Waals surface area contributed by atoms with Crippen LogP contribution in [0.5, 0.6) is 0 Å². The number of nitrogens with one attached hydrogen (secondary N) is 2. The number of fused-ring (bicyclic) bond motifs is 1. The molecule has 5 heterocycles. The second-order valence-electron chi connectivity index (χ2n) is 12.8. The highest BCUT2D eigenvalue weighted by molar-refractivity contribution is 5.94. The van der Waals surface area contributed by atoms with Gasteiger partial charge in [-0.05, 0) is 75.1 Å². The zero-order valence-electron chi connectivity index (χ0n) is 24.8. The minimum absolute atomic E-state index is 0.0356. The predicted molar refractivity (Wildman–Crippen MR) is 159 cm³/mol. The van der Waals surface area contributed by atoms with E-state index in [0.717, 1.165) is 67.4 Å². The van der Waals surface area contributed by atoms with Gasteiger partial charge in [0.25, 0.3) is 0 Å². The molecule has 1 aromatic carbocycles. The van der Waals surface area contributed by atoms with Crippen LogP contribution in [0.2, 0.25) is 0 Å². The van der Waals surface area contributed by atoms with Crippen molar-refractivity contribution in [1.82, 2.24) is 35.2 Å². The van der Waals surface area contributed by atoms with Gasteiger partial charge in [-0.3, -0.25) is 19.1 Å². The summed E-state index contributed by atoms with van der Waals surface area (Å²) in [5.41, 5.74) is 2.00. The third kappa shape index (κ3) is 5.79. The molecule has 0 bridgehead atoms. The lowest BCUT2D eigenvalue weighted by Gasteiger charge is -2.36. The SMILES string of the molecule is Cn1ncc2cc(CNC(=O)C3C[C@@H](Cc4ncc(C5CC5)o4)CN3C(=O)[C@@H]3NCCC[C@@H]3C(=O)N3CCCC3)ccc21. The standard InChI is InChI=1S/C32H41N7O4/c1-37-25-9-6-20(13-23(25)17-36-37)16-35-30(40)26-14-21(15-28-34-18-27(43-28)22-7-8-22)19-39(26)32(42)29-24(5-4-10-33-29)31(41)38-11-2-3-12-38/h6,9,13,17-18,21-22,24,26,29,33H,2-5,7-8,10-12,14-16,19H2,1H3,(H,35,40)/t21-,24-,26?,29+/m0/s1. The molecule has 1 saturated carbocycles. The van der Waals surface area contributed by atoms with Crippen molar-refractivity contribution in [2.24, 2.45) is 18.9 Å². The molecule has 2 N–H and O–H groups in total. The summed E-state index contributed by atoms with van der Waals surface area (Å²) in [7, 11) is 1.90. The van der Waals surface area contributed by atoms with Crippen molar-refractivity contribution in [2.45, 2.75) is 75.9 Å². The smallest absolute Gasteiger partial charge is 0.243 e. The van der Waals surface area contributed by atoms with E-state index in [-0.39, 0.29) is 23.6 Å². The Labute approximate surface area is 251 Å². The van der Waals surface area contributed by atoms with Gasteiger partial charge in [-0.2, -0.15) is 5.10 Å². The summed E-state index contributed by atoms with van der Waals surface area (Å²) in [6.45, 7) is 3.00. The summed E-state index contributed by atoms with van der Waals surface area (Å²) in [4.78, 5) is 49.6. The molecule has 43 heavy (non-hydrogen) atoms.